The van der Waals surface area contributed by atoms with Crippen molar-refractivity contribution >= 4 is 34.7 Å². The van der Waals surface area contributed by atoms with Crippen LogP contribution in [-0.4, -0.2) is 22.7 Å². The lowest BCUT2D eigenvalue weighted by atomic mass is 10.2. The Labute approximate surface area is 151 Å². The second-order valence-corrected chi connectivity index (χ2v) is 6.60. The van der Waals surface area contributed by atoms with Crippen molar-refractivity contribution in [2.45, 2.75) is 6.92 Å². The molecule has 0 aromatic heterocycles. The topological polar surface area (TPSA) is 49.4 Å². The Kier molecular flexibility index (Phi) is 5.36. The predicted molar refractivity (Wildman–Crippen MR) is 103 cm³/mol. The van der Waals surface area contributed by atoms with Gasteiger partial charge in [0.2, 0.25) is 0 Å². The third-order valence-electron chi connectivity index (χ3n) is 3.67. The van der Waals surface area contributed by atoms with Gasteiger partial charge in [-0.15, -0.1) is 0 Å². The number of nitrogens with zero attached hydrogens (tertiary/aromatic N) is 1. The largest absolute Gasteiger partial charge is 0.367 e. The van der Waals surface area contributed by atoms with Gasteiger partial charge in [0.1, 0.15) is 0 Å². The van der Waals surface area contributed by atoms with E-state index >= 15 is 0 Å². The van der Waals surface area contributed by atoms with E-state index in [1.807, 2.05) is 67.6 Å². The molecule has 2 amide bonds. The van der Waals surface area contributed by atoms with Crippen molar-refractivity contribution in [1.82, 2.24) is 4.90 Å². The zero-order valence-corrected chi connectivity index (χ0v) is 14.6. The van der Waals surface area contributed by atoms with Crippen LogP contribution in [0.4, 0.5) is 10.5 Å². The molecule has 0 spiro atoms. The fourth-order valence-electron chi connectivity index (χ4n) is 2.39. The minimum absolute atomic E-state index is 0.161. The van der Waals surface area contributed by atoms with Crippen LogP contribution in [0.5, 0.6) is 0 Å². The van der Waals surface area contributed by atoms with Crippen LogP contribution in [0.15, 0.2) is 71.7 Å². The van der Waals surface area contributed by atoms with E-state index in [0.717, 1.165) is 28.6 Å². The molecular weight excluding hydrogens is 332 g/mol. The number of allylic oxidation sites excluding steroid dienone is 2. The van der Waals surface area contributed by atoms with Crippen molar-refractivity contribution in [3.05, 3.63) is 82.8 Å². The Morgan fingerprint density at radius 1 is 1.08 bits per heavy atom. The molecule has 1 saturated heterocycles. The van der Waals surface area contributed by atoms with Crippen LogP contribution in [0.2, 0.25) is 0 Å². The van der Waals surface area contributed by atoms with Crippen LogP contribution in [0.1, 0.15) is 11.1 Å². The van der Waals surface area contributed by atoms with Crippen molar-refractivity contribution in [1.29, 1.82) is 0 Å². The fourth-order valence-corrected chi connectivity index (χ4v) is 3.18. The van der Waals surface area contributed by atoms with E-state index in [1.165, 1.54) is 4.90 Å². The van der Waals surface area contributed by atoms with E-state index in [0.29, 0.717) is 4.91 Å². The van der Waals surface area contributed by atoms with Crippen molar-refractivity contribution < 1.29 is 9.59 Å². The molecule has 1 aliphatic heterocycles. The number of aryl methyl sites for hydroxylation is 1. The van der Waals surface area contributed by atoms with Gasteiger partial charge in [0.15, 0.2) is 0 Å². The first-order valence-electron chi connectivity index (χ1n) is 7.91. The van der Waals surface area contributed by atoms with E-state index in [9.17, 15) is 9.59 Å². The number of anilines is 1. The molecule has 0 atom stereocenters. The molecule has 25 heavy (non-hydrogen) atoms. The maximum atomic E-state index is 12.4. The molecule has 1 heterocycles. The highest BCUT2D eigenvalue weighted by atomic mass is 32.2. The SMILES string of the molecule is Cc1cccc(NCN2C(=O)S/C(=C/C=C/c3ccccc3)C2=O)c1. The molecule has 126 valence electrons. The lowest BCUT2D eigenvalue weighted by Crippen LogP contribution is -2.33. The summed E-state index contributed by atoms with van der Waals surface area (Å²) in [7, 11) is 0. The smallest absolute Gasteiger partial charge is 0.295 e. The molecule has 1 N–H and O–H groups in total. The first-order valence-corrected chi connectivity index (χ1v) is 8.73. The number of hydrogen-bond donors (Lipinski definition) is 1. The minimum Gasteiger partial charge on any atom is -0.367 e. The molecule has 0 unspecified atom stereocenters. The number of imide groups is 1. The highest BCUT2D eigenvalue weighted by molar-refractivity contribution is 8.18. The summed E-state index contributed by atoms with van der Waals surface area (Å²) in [5.74, 6) is -0.270. The van der Waals surface area contributed by atoms with Crippen molar-refractivity contribution in [2.24, 2.45) is 0 Å². The molecule has 0 radical (unpaired) electrons. The zero-order valence-electron chi connectivity index (χ0n) is 13.8. The van der Waals surface area contributed by atoms with Crippen LogP contribution in [0, 0.1) is 6.92 Å². The molecule has 0 bridgehead atoms. The van der Waals surface area contributed by atoms with Crippen LogP contribution in [0.3, 0.4) is 0 Å². The number of amides is 2. The summed E-state index contributed by atoms with van der Waals surface area (Å²) in [6.45, 7) is 2.15. The Morgan fingerprint density at radius 3 is 2.64 bits per heavy atom. The van der Waals surface area contributed by atoms with Crippen molar-refractivity contribution in [2.75, 3.05) is 12.0 Å². The van der Waals surface area contributed by atoms with Crippen molar-refractivity contribution in [3.8, 4) is 0 Å². The second kappa shape index (κ2) is 7.85. The maximum absolute atomic E-state index is 12.4. The van der Waals surface area contributed by atoms with Crippen molar-refractivity contribution in [3.63, 3.8) is 0 Å². The molecule has 3 rings (SSSR count). The Bertz CT molecular complexity index is 844. The van der Waals surface area contributed by atoms with Crippen LogP contribution in [-0.2, 0) is 4.79 Å². The predicted octanol–water partition coefficient (Wildman–Crippen LogP) is 4.66. The number of rotatable bonds is 5. The van der Waals surface area contributed by atoms with Gasteiger partial charge in [-0.3, -0.25) is 14.5 Å². The highest BCUT2D eigenvalue weighted by Crippen LogP contribution is 2.30. The van der Waals surface area contributed by atoms with Crippen LogP contribution >= 0.6 is 11.8 Å². The summed E-state index contributed by atoms with van der Waals surface area (Å²) in [5.41, 5.74) is 3.04. The molecule has 5 heteroatoms. The fraction of sp³-hybridized carbons (Fsp3) is 0.100. The second-order valence-electron chi connectivity index (χ2n) is 5.61. The van der Waals surface area contributed by atoms with Gasteiger partial charge in [-0.25, -0.2) is 0 Å². The van der Waals surface area contributed by atoms with Crippen LogP contribution in [0.25, 0.3) is 6.08 Å². The lowest BCUT2D eigenvalue weighted by Gasteiger charge is -2.14. The molecule has 0 aliphatic carbocycles. The summed E-state index contributed by atoms with van der Waals surface area (Å²) in [4.78, 5) is 26.1. The van der Waals surface area contributed by atoms with E-state index in [2.05, 4.69) is 5.32 Å². The first-order chi connectivity index (χ1) is 12.1. The van der Waals surface area contributed by atoms with E-state index < -0.39 is 0 Å². The quantitative estimate of drug-likeness (QED) is 0.797. The van der Waals surface area contributed by atoms with Gasteiger partial charge in [-0.1, -0.05) is 54.6 Å². The molecule has 1 aliphatic rings. The zero-order chi connectivity index (χ0) is 17.6. The monoisotopic (exact) mass is 350 g/mol. The number of carbonyl (C=O) groups excluding carboxylic acids is 2. The third kappa shape index (κ3) is 4.39. The van der Waals surface area contributed by atoms with Crippen LogP contribution < -0.4 is 5.32 Å². The standard InChI is InChI=1S/C20H18N2O2S/c1-15-7-5-11-17(13-15)21-14-22-19(23)18(25-20(22)24)12-6-10-16-8-3-2-4-9-16/h2-13,21H,14H2,1H3/b10-6+,18-12+. The number of nitrogens with one attached hydrogen (secondary N) is 1. The van der Waals surface area contributed by atoms with Gasteiger partial charge < -0.3 is 5.32 Å². The van der Waals surface area contributed by atoms with Gasteiger partial charge in [0, 0.05) is 5.69 Å². The number of hydrogen-bond acceptors (Lipinski definition) is 4. The van der Waals surface area contributed by atoms with Gasteiger partial charge in [-0.2, -0.15) is 0 Å². The molecule has 1 fully saturated rings. The van der Waals surface area contributed by atoms with Gasteiger partial charge >= 0.3 is 0 Å². The molecular formula is C20H18N2O2S. The molecule has 2 aromatic carbocycles. The average molecular weight is 350 g/mol. The average Bonchev–Trinajstić information content (AvgIpc) is 2.88. The summed E-state index contributed by atoms with van der Waals surface area (Å²) < 4.78 is 0. The Hall–Kier alpha value is -2.79. The van der Waals surface area contributed by atoms with Gasteiger partial charge in [-0.05, 0) is 48.0 Å². The summed E-state index contributed by atoms with van der Waals surface area (Å²) in [6.07, 6.45) is 5.38. The van der Waals surface area contributed by atoms with E-state index in [4.69, 9.17) is 0 Å². The van der Waals surface area contributed by atoms with E-state index in [-0.39, 0.29) is 17.8 Å². The number of carbonyl (C=O) groups is 2. The van der Waals surface area contributed by atoms with Gasteiger partial charge in [0.05, 0.1) is 11.6 Å². The first kappa shape index (κ1) is 17.0. The molecule has 2 aromatic rings. The number of benzene rings is 2. The Balaban J connectivity index is 1.63. The highest BCUT2D eigenvalue weighted by Gasteiger charge is 2.34. The van der Waals surface area contributed by atoms with Gasteiger partial charge in [0.25, 0.3) is 11.1 Å². The molecule has 4 nitrogen and oxygen atoms in total. The van der Waals surface area contributed by atoms with E-state index in [1.54, 1.807) is 12.2 Å². The minimum atomic E-state index is -0.270. The number of thioether (sulfide) groups is 1. The normalized spacial score (nSPS) is 16.2. The summed E-state index contributed by atoms with van der Waals surface area (Å²) >= 11 is 0.963. The maximum Gasteiger partial charge on any atom is 0.295 e. The Morgan fingerprint density at radius 2 is 1.88 bits per heavy atom. The summed E-state index contributed by atoms with van der Waals surface area (Å²) in [5, 5.41) is 2.86. The lowest BCUT2D eigenvalue weighted by molar-refractivity contribution is -0.122. The summed E-state index contributed by atoms with van der Waals surface area (Å²) in [6, 6.07) is 17.6. The molecule has 0 saturated carbocycles. The third-order valence-corrected chi connectivity index (χ3v) is 4.59.